The zero-order chi connectivity index (χ0) is 19.1. The summed E-state index contributed by atoms with van der Waals surface area (Å²) in [6, 6.07) is 13.4. The number of pyridine rings is 1. The molecule has 27 heavy (non-hydrogen) atoms. The van der Waals surface area contributed by atoms with Crippen molar-refractivity contribution in [3.63, 3.8) is 0 Å². The van der Waals surface area contributed by atoms with E-state index < -0.39 is 0 Å². The number of nitrogens with zero attached hydrogens (tertiary/aromatic N) is 3. The molecule has 2 heterocycles. The van der Waals surface area contributed by atoms with Gasteiger partial charge >= 0.3 is 0 Å². The maximum absolute atomic E-state index is 12.0. The molecule has 0 atom stereocenters. The lowest BCUT2D eigenvalue weighted by Crippen LogP contribution is -2.29. The van der Waals surface area contributed by atoms with Crippen LogP contribution in [-0.4, -0.2) is 33.9 Å². The molecule has 7 heteroatoms. The van der Waals surface area contributed by atoms with Gasteiger partial charge in [-0.05, 0) is 38.1 Å². The maximum atomic E-state index is 12.0. The van der Waals surface area contributed by atoms with Crippen LogP contribution in [0.2, 0.25) is 0 Å². The van der Waals surface area contributed by atoms with Crippen LogP contribution < -0.4 is 16.0 Å². The van der Waals surface area contributed by atoms with E-state index >= 15 is 0 Å². The summed E-state index contributed by atoms with van der Waals surface area (Å²) in [5, 5.41) is 9.24. The third kappa shape index (κ3) is 5.50. The van der Waals surface area contributed by atoms with Gasteiger partial charge in [-0.3, -0.25) is 9.78 Å². The summed E-state index contributed by atoms with van der Waals surface area (Å²) in [7, 11) is 0. The number of carbonyl (C=O) groups excluding carboxylic acids is 1. The highest BCUT2D eigenvalue weighted by Crippen LogP contribution is 2.17. The smallest absolute Gasteiger partial charge is 0.252 e. The van der Waals surface area contributed by atoms with Crippen molar-refractivity contribution in [1.29, 1.82) is 0 Å². The number of benzene rings is 1. The largest absolute Gasteiger partial charge is 0.352 e. The van der Waals surface area contributed by atoms with Crippen LogP contribution in [0.1, 0.15) is 21.6 Å². The Morgan fingerprint density at radius 3 is 2.59 bits per heavy atom. The minimum atomic E-state index is -0.156. The first-order valence-corrected chi connectivity index (χ1v) is 8.71. The van der Waals surface area contributed by atoms with Gasteiger partial charge < -0.3 is 16.0 Å². The summed E-state index contributed by atoms with van der Waals surface area (Å²) in [6.45, 7) is 4.93. The molecule has 1 amide bonds. The molecule has 3 rings (SSSR count). The number of anilines is 3. The summed E-state index contributed by atoms with van der Waals surface area (Å²) in [5.41, 5.74) is 3.55. The second-order valence-electron chi connectivity index (χ2n) is 6.13. The predicted octanol–water partition coefficient (Wildman–Crippen LogP) is 3.07. The molecule has 0 aliphatic rings. The first kappa shape index (κ1) is 18.3. The molecule has 0 radical (unpaired) electrons. The van der Waals surface area contributed by atoms with Gasteiger partial charge in [0.25, 0.3) is 5.91 Å². The average molecular weight is 362 g/mol. The molecule has 138 valence electrons. The molecule has 2 aromatic heterocycles. The van der Waals surface area contributed by atoms with Gasteiger partial charge in [-0.1, -0.05) is 17.7 Å². The number of hydrogen-bond donors (Lipinski definition) is 3. The Balaban J connectivity index is 1.53. The molecule has 1 aromatic carbocycles. The van der Waals surface area contributed by atoms with Crippen molar-refractivity contribution in [2.24, 2.45) is 0 Å². The van der Waals surface area contributed by atoms with E-state index in [2.05, 4.69) is 30.9 Å². The minimum absolute atomic E-state index is 0.156. The van der Waals surface area contributed by atoms with E-state index in [1.54, 1.807) is 18.3 Å². The quantitative estimate of drug-likeness (QED) is 0.560. The van der Waals surface area contributed by atoms with Gasteiger partial charge in [-0.2, -0.15) is 4.98 Å². The molecule has 0 saturated carbocycles. The summed E-state index contributed by atoms with van der Waals surface area (Å²) in [6.07, 6.45) is 3.17. The van der Waals surface area contributed by atoms with E-state index in [0.29, 0.717) is 30.4 Å². The maximum Gasteiger partial charge on any atom is 0.252 e. The standard InChI is InChI=1S/C20H22N6O/c1-14-5-7-17(8-6-14)25-18-12-15(2)24-20(26-18)23-11-10-22-19(27)16-4-3-9-21-13-16/h3-9,12-13H,10-11H2,1-2H3,(H,22,27)(H2,23,24,25,26). The number of carbonyl (C=O) groups is 1. The predicted molar refractivity (Wildman–Crippen MR) is 106 cm³/mol. The molecule has 7 nitrogen and oxygen atoms in total. The van der Waals surface area contributed by atoms with Crippen molar-refractivity contribution < 1.29 is 4.79 Å². The Morgan fingerprint density at radius 2 is 1.85 bits per heavy atom. The second kappa shape index (κ2) is 8.75. The fourth-order valence-electron chi connectivity index (χ4n) is 2.45. The monoisotopic (exact) mass is 362 g/mol. The van der Waals surface area contributed by atoms with Crippen LogP contribution in [0, 0.1) is 13.8 Å². The summed E-state index contributed by atoms with van der Waals surface area (Å²) >= 11 is 0. The number of rotatable bonds is 7. The normalized spacial score (nSPS) is 10.3. The summed E-state index contributed by atoms with van der Waals surface area (Å²) in [4.78, 5) is 24.8. The molecule has 0 aliphatic carbocycles. The van der Waals surface area contributed by atoms with Crippen LogP contribution in [0.5, 0.6) is 0 Å². The minimum Gasteiger partial charge on any atom is -0.352 e. The molecule has 3 N–H and O–H groups in total. The number of aromatic nitrogens is 3. The lowest BCUT2D eigenvalue weighted by Gasteiger charge is -2.10. The molecule has 0 bridgehead atoms. The third-order valence-corrected chi connectivity index (χ3v) is 3.80. The van der Waals surface area contributed by atoms with E-state index in [1.807, 2.05) is 44.2 Å². The molecule has 0 saturated heterocycles. The van der Waals surface area contributed by atoms with Crippen LogP contribution in [0.3, 0.4) is 0 Å². The number of aryl methyl sites for hydroxylation is 2. The molecule has 0 fully saturated rings. The van der Waals surface area contributed by atoms with Gasteiger partial charge in [0.2, 0.25) is 5.95 Å². The summed E-state index contributed by atoms with van der Waals surface area (Å²) < 4.78 is 0. The molecule has 0 spiro atoms. The van der Waals surface area contributed by atoms with Crippen LogP contribution in [-0.2, 0) is 0 Å². The number of amides is 1. The van der Waals surface area contributed by atoms with Crippen LogP contribution in [0.15, 0.2) is 54.9 Å². The molecule has 3 aromatic rings. The number of nitrogens with one attached hydrogen (secondary N) is 3. The Morgan fingerprint density at radius 1 is 1.04 bits per heavy atom. The second-order valence-corrected chi connectivity index (χ2v) is 6.13. The highest BCUT2D eigenvalue weighted by atomic mass is 16.1. The Labute approximate surface area is 158 Å². The Kier molecular flexibility index (Phi) is 5.94. The van der Waals surface area contributed by atoms with E-state index in [4.69, 9.17) is 0 Å². The van der Waals surface area contributed by atoms with Gasteiger partial charge in [0.15, 0.2) is 0 Å². The molecule has 0 unspecified atom stereocenters. The van der Waals surface area contributed by atoms with E-state index in [0.717, 1.165) is 11.4 Å². The third-order valence-electron chi connectivity index (χ3n) is 3.80. The average Bonchev–Trinajstić information content (AvgIpc) is 2.67. The molecule has 0 aliphatic heterocycles. The fraction of sp³-hybridized carbons (Fsp3) is 0.200. The zero-order valence-corrected chi connectivity index (χ0v) is 15.4. The van der Waals surface area contributed by atoms with E-state index in [1.165, 1.54) is 11.8 Å². The van der Waals surface area contributed by atoms with Gasteiger partial charge in [0.05, 0.1) is 5.56 Å². The molecular formula is C20H22N6O. The van der Waals surface area contributed by atoms with Crippen molar-refractivity contribution in [2.75, 3.05) is 23.7 Å². The zero-order valence-electron chi connectivity index (χ0n) is 15.4. The fourth-order valence-corrected chi connectivity index (χ4v) is 2.45. The van der Waals surface area contributed by atoms with Crippen molar-refractivity contribution in [2.45, 2.75) is 13.8 Å². The first-order chi connectivity index (χ1) is 13.1. The van der Waals surface area contributed by atoms with Crippen LogP contribution >= 0.6 is 0 Å². The van der Waals surface area contributed by atoms with E-state index in [-0.39, 0.29) is 5.91 Å². The highest BCUT2D eigenvalue weighted by Gasteiger charge is 2.05. The van der Waals surface area contributed by atoms with Gasteiger partial charge in [0.1, 0.15) is 5.82 Å². The lowest BCUT2D eigenvalue weighted by atomic mass is 10.2. The van der Waals surface area contributed by atoms with E-state index in [9.17, 15) is 4.79 Å². The van der Waals surface area contributed by atoms with Gasteiger partial charge in [0, 0.05) is 42.9 Å². The topological polar surface area (TPSA) is 91.8 Å². The van der Waals surface area contributed by atoms with Crippen molar-refractivity contribution in [3.05, 3.63) is 71.7 Å². The number of hydrogen-bond acceptors (Lipinski definition) is 6. The molecular weight excluding hydrogens is 340 g/mol. The van der Waals surface area contributed by atoms with Crippen LogP contribution in [0.25, 0.3) is 0 Å². The lowest BCUT2D eigenvalue weighted by molar-refractivity contribution is 0.0955. The Hall–Kier alpha value is -3.48. The van der Waals surface area contributed by atoms with Gasteiger partial charge in [-0.15, -0.1) is 0 Å². The van der Waals surface area contributed by atoms with Crippen molar-refractivity contribution >= 4 is 23.4 Å². The summed E-state index contributed by atoms with van der Waals surface area (Å²) in [5.74, 6) is 1.07. The van der Waals surface area contributed by atoms with Crippen molar-refractivity contribution in [3.8, 4) is 0 Å². The van der Waals surface area contributed by atoms with Crippen molar-refractivity contribution in [1.82, 2.24) is 20.3 Å². The van der Waals surface area contributed by atoms with Crippen LogP contribution in [0.4, 0.5) is 17.5 Å². The SMILES string of the molecule is Cc1ccc(Nc2cc(C)nc(NCCNC(=O)c3cccnc3)n2)cc1. The highest BCUT2D eigenvalue weighted by molar-refractivity contribution is 5.93. The first-order valence-electron chi connectivity index (χ1n) is 8.71. The van der Waals surface area contributed by atoms with Gasteiger partial charge in [-0.25, -0.2) is 4.98 Å². The Bertz CT molecular complexity index is 896.